The largest absolute Gasteiger partial charge is 0.462 e. The lowest BCUT2D eigenvalue weighted by molar-refractivity contribution is 0.0531. The quantitative estimate of drug-likeness (QED) is 0.189. The number of hydrogen-bond donors (Lipinski definition) is 2. The van der Waals surface area contributed by atoms with Gasteiger partial charge < -0.3 is 15.4 Å². The molecule has 2 rings (SSSR count). The maximum Gasteiger partial charge on any atom is 0.350 e. The number of thiazole rings is 1. The lowest BCUT2D eigenvalue weighted by atomic mass is 10.1. The van der Waals surface area contributed by atoms with Gasteiger partial charge in [0.2, 0.25) is 0 Å². The molecule has 0 radical (unpaired) electrons. The highest BCUT2D eigenvalue weighted by atomic mass is 127. The fourth-order valence-corrected chi connectivity index (χ4v) is 4.14. The number of aryl methyl sites for hydroxylation is 1. The summed E-state index contributed by atoms with van der Waals surface area (Å²) in [6.45, 7) is 14.1. The van der Waals surface area contributed by atoms with Crippen LogP contribution in [0.25, 0.3) is 0 Å². The second-order valence-corrected chi connectivity index (χ2v) is 8.29. The van der Waals surface area contributed by atoms with E-state index in [1.54, 1.807) is 14.0 Å². The molecule has 1 unspecified atom stereocenters. The Bertz CT molecular complexity index is 883. The first-order chi connectivity index (χ1) is 14.9. The molecule has 178 valence electrons. The number of rotatable bonds is 10. The van der Waals surface area contributed by atoms with Crippen LogP contribution in [-0.4, -0.2) is 48.6 Å². The highest BCUT2D eigenvalue weighted by molar-refractivity contribution is 14.0. The lowest BCUT2D eigenvalue weighted by Crippen LogP contribution is -2.38. The number of esters is 1. The molecule has 0 aliphatic carbocycles. The predicted molar refractivity (Wildman–Crippen MR) is 143 cm³/mol. The Kier molecular flexibility index (Phi) is 12.8. The molecule has 0 bridgehead atoms. The predicted octanol–water partition coefficient (Wildman–Crippen LogP) is 4.51. The number of halogens is 1. The van der Waals surface area contributed by atoms with Crippen LogP contribution in [0.15, 0.2) is 29.3 Å². The van der Waals surface area contributed by atoms with E-state index in [2.05, 4.69) is 63.6 Å². The van der Waals surface area contributed by atoms with E-state index in [0.717, 1.165) is 24.6 Å². The zero-order valence-electron chi connectivity index (χ0n) is 19.9. The van der Waals surface area contributed by atoms with Crippen molar-refractivity contribution in [3.05, 3.63) is 51.0 Å². The lowest BCUT2D eigenvalue weighted by Gasteiger charge is -2.19. The summed E-state index contributed by atoms with van der Waals surface area (Å²) in [5, 5.41) is 7.55. The molecule has 0 aliphatic heterocycles. The summed E-state index contributed by atoms with van der Waals surface area (Å²) >= 11 is 1.36. The monoisotopic (exact) mass is 573 g/mol. The van der Waals surface area contributed by atoms with Gasteiger partial charge in [-0.05, 0) is 45.0 Å². The van der Waals surface area contributed by atoms with Crippen LogP contribution in [0.4, 0.5) is 0 Å². The van der Waals surface area contributed by atoms with Crippen LogP contribution in [0.5, 0.6) is 0 Å². The van der Waals surface area contributed by atoms with Gasteiger partial charge in [0.15, 0.2) is 5.96 Å². The number of nitrogens with zero attached hydrogens (tertiary/aromatic N) is 3. The maximum atomic E-state index is 12.1. The minimum atomic E-state index is -0.317. The van der Waals surface area contributed by atoms with E-state index in [9.17, 15) is 4.79 Å². The average Bonchev–Trinajstić information content (AvgIpc) is 3.17. The van der Waals surface area contributed by atoms with Crippen LogP contribution in [0.2, 0.25) is 0 Å². The zero-order chi connectivity index (χ0) is 22.8. The second kappa shape index (κ2) is 14.4. The Hall–Kier alpha value is -1.72. The van der Waals surface area contributed by atoms with E-state index in [4.69, 9.17) is 4.74 Å². The average molecular weight is 574 g/mol. The minimum Gasteiger partial charge on any atom is -0.462 e. The highest BCUT2D eigenvalue weighted by Crippen LogP contribution is 2.24. The van der Waals surface area contributed by atoms with Gasteiger partial charge in [0, 0.05) is 20.1 Å². The fourth-order valence-electron chi connectivity index (χ4n) is 3.18. The third kappa shape index (κ3) is 8.32. The van der Waals surface area contributed by atoms with Gasteiger partial charge in [-0.1, -0.05) is 38.1 Å². The van der Waals surface area contributed by atoms with Crippen molar-refractivity contribution >= 4 is 47.2 Å². The molecule has 0 saturated carbocycles. The Morgan fingerprint density at radius 2 is 1.94 bits per heavy atom. The SMILES string of the molecule is CCOC(=O)c1sc(C(C)NC(=NC)NCc2cccc(CN(CC)CC)c2)nc1C.I. The molecule has 1 aromatic carbocycles. The Balaban J connectivity index is 0.00000512. The van der Waals surface area contributed by atoms with Crippen molar-refractivity contribution in [1.82, 2.24) is 20.5 Å². The molecule has 0 amide bonds. The summed E-state index contributed by atoms with van der Waals surface area (Å²) in [4.78, 5) is 23.9. The third-order valence-corrected chi connectivity index (χ3v) is 6.29. The van der Waals surface area contributed by atoms with Gasteiger partial charge in [-0.3, -0.25) is 9.89 Å². The fraction of sp³-hybridized carbons (Fsp3) is 0.522. The Morgan fingerprint density at radius 3 is 2.56 bits per heavy atom. The van der Waals surface area contributed by atoms with E-state index in [1.807, 2.05) is 13.8 Å². The Labute approximate surface area is 213 Å². The number of benzene rings is 1. The molecule has 0 fully saturated rings. The first kappa shape index (κ1) is 28.3. The number of aliphatic imine (C=N–C) groups is 1. The van der Waals surface area contributed by atoms with E-state index in [-0.39, 0.29) is 36.0 Å². The number of ether oxygens (including phenoxy) is 1. The van der Waals surface area contributed by atoms with Crippen molar-refractivity contribution in [3.8, 4) is 0 Å². The van der Waals surface area contributed by atoms with E-state index >= 15 is 0 Å². The molecule has 2 N–H and O–H groups in total. The molecule has 1 aromatic heterocycles. The van der Waals surface area contributed by atoms with E-state index in [1.165, 1.54) is 22.5 Å². The van der Waals surface area contributed by atoms with Crippen molar-refractivity contribution in [1.29, 1.82) is 0 Å². The summed E-state index contributed by atoms with van der Waals surface area (Å²) in [6, 6.07) is 8.53. The van der Waals surface area contributed by atoms with Crippen LogP contribution in [0.1, 0.15) is 65.2 Å². The molecular formula is C23H36IN5O2S. The molecule has 7 nitrogen and oxygen atoms in total. The van der Waals surface area contributed by atoms with Crippen molar-refractivity contribution in [2.75, 3.05) is 26.7 Å². The molecule has 1 atom stereocenters. The highest BCUT2D eigenvalue weighted by Gasteiger charge is 2.20. The van der Waals surface area contributed by atoms with Gasteiger partial charge in [-0.15, -0.1) is 35.3 Å². The van der Waals surface area contributed by atoms with E-state index in [0.29, 0.717) is 29.7 Å². The number of hydrogen-bond acceptors (Lipinski definition) is 6. The zero-order valence-corrected chi connectivity index (χ0v) is 23.0. The van der Waals surface area contributed by atoms with Crippen molar-refractivity contribution < 1.29 is 9.53 Å². The standard InChI is InChI=1S/C23H35N5O2S.HI/c1-7-28(8-2)15-19-12-10-11-18(13-19)14-25-23(24-6)27-17(5)21-26-16(4)20(31-21)22(29)30-9-3;/h10-13,17H,7-9,14-15H2,1-6H3,(H2,24,25,27);1H. The Morgan fingerprint density at radius 1 is 1.25 bits per heavy atom. The summed E-state index contributed by atoms with van der Waals surface area (Å²) in [7, 11) is 1.75. The maximum absolute atomic E-state index is 12.1. The van der Waals surface area contributed by atoms with Crippen LogP contribution in [0.3, 0.4) is 0 Å². The van der Waals surface area contributed by atoms with Crippen molar-refractivity contribution in [3.63, 3.8) is 0 Å². The molecule has 0 saturated heterocycles. The number of aromatic nitrogens is 1. The first-order valence-corrected chi connectivity index (χ1v) is 11.6. The molecular weight excluding hydrogens is 537 g/mol. The first-order valence-electron chi connectivity index (χ1n) is 10.8. The summed E-state index contributed by atoms with van der Waals surface area (Å²) in [5.74, 6) is 0.371. The molecule has 9 heteroatoms. The number of guanidine groups is 1. The molecule has 1 heterocycles. The third-order valence-electron chi connectivity index (χ3n) is 4.97. The van der Waals surface area contributed by atoms with Gasteiger partial charge >= 0.3 is 5.97 Å². The van der Waals surface area contributed by atoms with Gasteiger partial charge in [0.1, 0.15) is 9.88 Å². The van der Waals surface area contributed by atoms with Crippen LogP contribution in [-0.2, 0) is 17.8 Å². The molecule has 0 aliphatic rings. The van der Waals surface area contributed by atoms with Crippen LogP contribution >= 0.6 is 35.3 Å². The summed E-state index contributed by atoms with van der Waals surface area (Å²) < 4.78 is 5.11. The van der Waals surface area contributed by atoms with Gasteiger partial charge in [0.05, 0.1) is 18.3 Å². The smallest absolute Gasteiger partial charge is 0.350 e. The van der Waals surface area contributed by atoms with E-state index < -0.39 is 0 Å². The molecule has 0 spiro atoms. The summed E-state index contributed by atoms with van der Waals surface area (Å²) in [6.07, 6.45) is 0. The number of nitrogens with one attached hydrogen (secondary N) is 2. The van der Waals surface area contributed by atoms with Crippen molar-refractivity contribution in [2.24, 2.45) is 4.99 Å². The normalized spacial score (nSPS) is 12.3. The topological polar surface area (TPSA) is 78.8 Å². The summed E-state index contributed by atoms with van der Waals surface area (Å²) in [5.41, 5.74) is 3.21. The minimum absolute atomic E-state index is 0. The van der Waals surface area contributed by atoms with Crippen molar-refractivity contribution in [2.45, 2.75) is 53.8 Å². The number of carbonyl (C=O) groups excluding carboxylic acids is 1. The van der Waals surface area contributed by atoms with Gasteiger partial charge in [0.25, 0.3) is 0 Å². The van der Waals surface area contributed by atoms with Crippen LogP contribution < -0.4 is 10.6 Å². The van der Waals surface area contributed by atoms with Gasteiger partial charge in [-0.2, -0.15) is 0 Å². The van der Waals surface area contributed by atoms with Gasteiger partial charge in [-0.25, -0.2) is 9.78 Å². The molecule has 2 aromatic rings. The molecule has 32 heavy (non-hydrogen) atoms. The van der Waals surface area contributed by atoms with Crippen LogP contribution in [0, 0.1) is 6.92 Å². The number of carbonyl (C=O) groups is 1. The second-order valence-electron chi connectivity index (χ2n) is 7.26.